The fourth-order valence-electron chi connectivity index (χ4n) is 3.50. The monoisotopic (exact) mass is 437 g/mol. The van der Waals surface area contributed by atoms with Crippen molar-refractivity contribution in [3.8, 4) is 0 Å². The van der Waals surface area contributed by atoms with Gasteiger partial charge in [-0.1, -0.05) is 41.4 Å². The molecule has 6 heteroatoms. The standard InChI is InChI=1S/C24H21Cl2N3O/c25-20-6-3-17(4-7-20)15-29-16-19(22-12-21(26)8-9-23(22)29)5-10-24(30)28-14-18-2-1-11-27-13-18/h1-4,6-9,11-13,16H,5,10,14-15H2,(H,28,30). The van der Waals surface area contributed by atoms with Gasteiger partial charge in [-0.15, -0.1) is 0 Å². The summed E-state index contributed by atoms with van der Waals surface area (Å²) < 4.78 is 2.19. The van der Waals surface area contributed by atoms with Crippen LogP contribution in [0.5, 0.6) is 0 Å². The Hall–Kier alpha value is -2.82. The lowest BCUT2D eigenvalue weighted by molar-refractivity contribution is -0.121. The van der Waals surface area contributed by atoms with Gasteiger partial charge >= 0.3 is 0 Å². The molecular weight excluding hydrogens is 417 g/mol. The molecule has 4 nitrogen and oxygen atoms in total. The molecule has 0 aliphatic carbocycles. The van der Waals surface area contributed by atoms with E-state index in [1.54, 1.807) is 12.4 Å². The predicted molar refractivity (Wildman–Crippen MR) is 122 cm³/mol. The van der Waals surface area contributed by atoms with Crippen molar-refractivity contribution < 1.29 is 4.79 Å². The summed E-state index contributed by atoms with van der Waals surface area (Å²) in [5.41, 5.74) is 4.35. The number of fused-ring (bicyclic) bond motifs is 1. The van der Waals surface area contributed by atoms with Crippen molar-refractivity contribution in [2.24, 2.45) is 0 Å². The van der Waals surface area contributed by atoms with Crippen LogP contribution in [0, 0.1) is 0 Å². The zero-order chi connectivity index (χ0) is 20.9. The van der Waals surface area contributed by atoms with Crippen LogP contribution in [-0.4, -0.2) is 15.5 Å². The van der Waals surface area contributed by atoms with Gasteiger partial charge in [-0.25, -0.2) is 0 Å². The van der Waals surface area contributed by atoms with Gasteiger partial charge in [0.2, 0.25) is 5.91 Å². The van der Waals surface area contributed by atoms with Gasteiger partial charge in [0, 0.05) is 59.0 Å². The number of carbonyl (C=O) groups is 1. The maximum Gasteiger partial charge on any atom is 0.220 e. The summed E-state index contributed by atoms with van der Waals surface area (Å²) in [5, 5.41) is 5.45. The summed E-state index contributed by atoms with van der Waals surface area (Å²) in [5.74, 6) is 0.0134. The van der Waals surface area contributed by atoms with Crippen LogP contribution in [0.2, 0.25) is 10.0 Å². The highest BCUT2D eigenvalue weighted by Gasteiger charge is 2.12. The molecule has 152 valence electrons. The molecular formula is C24H21Cl2N3O. The highest BCUT2D eigenvalue weighted by molar-refractivity contribution is 6.31. The van der Waals surface area contributed by atoms with Crippen LogP contribution in [0.1, 0.15) is 23.1 Å². The molecule has 0 radical (unpaired) electrons. The molecule has 2 heterocycles. The summed E-state index contributed by atoms with van der Waals surface area (Å²) in [4.78, 5) is 16.4. The van der Waals surface area contributed by atoms with Gasteiger partial charge in [-0.2, -0.15) is 0 Å². The minimum Gasteiger partial charge on any atom is -0.352 e. The van der Waals surface area contributed by atoms with Gasteiger partial charge in [0.05, 0.1) is 0 Å². The van der Waals surface area contributed by atoms with Crippen LogP contribution in [0.15, 0.2) is 73.2 Å². The summed E-state index contributed by atoms with van der Waals surface area (Å²) >= 11 is 12.3. The van der Waals surface area contributed by atoms with Crippen LogP contribution in [0.3, 0.4) is 0 Å². The Morgan fingerprint density at radius 3 is 2.57 bits per heavy atom. The second kappa shape index (κ2) is 9.33. The molecule has 0 aliphatic heterocycles. The van der Waals surface area contributed by atoms with Crippen LogP contribution >= 0.6 is 23.2 Å². The first-order valence-electron chi connectivity index (χ1n) is 9.76. The number of nitrogens with zero attached hydrogens (tertiary/aromatic N) is 2. The Kier molecular flexibility index (Phi) is 6.36. The van der Waals surface area contributed by atoms with E-state index >= 15 is 0 Å². The zero-order valence-corrected chi connectivity index (χ0v) is 17.8. The summed E-state index contributed by atoms with van der Waals surface area (Å²) in [6, 6.07) is 17.5. The summed E-state index contributed by atoms with van der Waals surface area (Å²) in [7, 11) is 0. The van der Waals surface area contributed by atoms with Crippen molar-refractivity contribution in [2.45, 2.75) is 25.9 Å². The summed E-state index contributed by atoms with van der Waals surface area (Å²) in [6.45, 7) is 1.21. The lowest BCUT2D eigenvalue weighted by atomic mass is 10.1. The molecule has 1 amide bonds. The molecule has 4 rings (SSSR count). The molecule has 30 heavy (non-hydrogen) atoms. The molecule has 0 saturated carbocycles. The predicted octanol–water partition coefficient (Wildman–Crippen LogP) is 5.64. The van der Waals surface area contributed by atoms with Crippen molar-refractivity contribution in [3.05, 3.63) is 99.9 Å². The largest absolute Gasteiger partial charge is 0.352 e. The average Bonchev–Trinajstić information content (AvgIpc) is 3.09. The first kappa shape index (κ1) is 20.5. The number of hydrogen-bond donors (Lipinski definition) is 1. The number of aryl methyl sites for hydroxylation is 1. The van der Waals surface area contributed by atoms with Crippen LogP contribution in [0.4, 0.5) is 0 Å². The SMILES string of the molecule is O=C(CCc1cn(Cc2ccc(Cl)cc2)c2ccc(Cl)cc12)NCc1cccnc1. The lowest BCUT2D eigenvalue weighted by Gasteiger charge is -2.06. The van der Waals surface area contributed by atoms with Crippen molar-refractivity contribution in [1.29, 1.82) is 0 Å². The van der Waals surface area contributed by atoms with Gasteiger partial charge in [0.25, 0.3) is 0 Å². The normalized spacial score (nSPS) is 11.0. The van der Waals surface area contributed by atoms with Crippen LogP contribution in [-0.2, 0) is 24.3 Å². The number of carbonyl (C=O) groups excluding carboxylic acids is 1. The van der Waals surface area contributed by atoms with E-state index in [2.05, 4.69) is 21.1 Å². The van der Waals surface area contributed by atoms with E-state index in [-0.39, 0.29) is 5.91 Å². The third-order valence-electron chi connectivity index (χ3n) is 5.03. The first-order valence-corrected chi connectivity index (χ1v) is 10.5. The van der Waals surface area contributed by atoms with E-state index in [4.69, 9.17) is 23.2 Å². The quantitative estimate of drug-likeness (QED) is 0.406. The minimum atomic E-state index is 0.0134. The minimum absolute atomic E-state index is 0.0134. The summed E-state index contributed by atoms with van der Waals surface area (Å²) in [6.07, 6.45) is 6.64. The third kappa shape index (κ3) is 5.02. The fraction of sp³-hybridized carbons (Fsp3) is 0.167. The molecule has 2 aromatic carbocycles. The maximum atomic E-state index is 12.3. The van der Waals surface area contributed by atoms with Crippen molar-refractivity contribution in [3.63, 3.8) is 0 Å². The van der Waals surface area contributed by atoms with Crippen molar-refractivity contribution >= 4 is 40.0 Å². The molecule has 0 saturated heterocycles. The molecule has 0 bridgehead atoms. The number of pyridine rings is 1. The Morgan fingerprint density at radius 2 is 1.80 bits per heavy atom. The highest BCUT2D eigenvalue weighted by atomic mass is 35.5. The van der Waals surface area contributed by atoms with E-state index in [1.807, 2.05) is 54.6 Å². The van der Waals surface area contributed by atoms with Gasteiger partial charge < -0.3 is 9.88 Å². The number of nitrogens with one attached hydrogen (secondary N) is 1. The number of aromatic nitrogens is 2. The fourth-order valence-corrected chi connectivity index (χ4v) is 3.80. The van der Waals surface area contributed by atoms with E-state index in [0.29, 0.717) is 24.4 Å². The Balaban J connectivity index is 1.48. The molecule has 0 fully saturated rings. The number of hydrogen-bond acceptors (Lipinski definition) is 2. The first-order chi connectivity index (χ1) is 14.6. The third-order valence-corrected chi connectivity index (χ3v) is 5.51. The van der Waals surface area contributed by atoms with Gasteiger partial charge in [0.1, 0.15) is 0 Å². The Labute approximate surface area is 185 Å². The second-order valence-electron chi connectivity index (χ2n) is 7.21. The smallest absolute Gasteiger partial charge is 0.220 e. The molecule has 2 aromatic heterocycles. The Morgan fingerprint density at radius 1 is 1.00 bits per heavy atom. The van der Waals surface area contributed by atoms with Gasteiger partial charge in [0.15, 0.2) is 0 Å². The molecule has 0 unspecified atom stereocenters. The van der Waals surface area contributed by atoms with E-state index in [9.17, 15) is 4.79 Å². The highest BCUT2D eigenvalue weighted by Crippen LogP contribution is 2.27. The van der Waals surface area contributed by atoms with Crippen molar-refractivity contribution in [1.82, 2.24) is 14.9 Å². The number of halogens is 2. The second-order valence-corrected chi connectivity index (χ2v) is 8.08. The maximum absolute atomic E-state index is 12.3. The van der Waals surface area contributed by atoms with Crippen LogP contribution < -0.4 is 5.32 Å². The zero-order valence-electron chi connectivity index (χ0n) is 16.3. The van der Waals surface area contributed by atoms with E-state index in [0.717, 1.165) is 39.2 Å². The molecule has 0 aliphatic rings. The van der Waals surface area contributed by atoms with E-state index in [1.165, 1.54) is 0 Å². The molecule has 4 aromatic rings. The van der Waals surface area contributed by atoms with Gasteiger partial charge in [-0.3, -0.25) is 9.78 Å². The van der Waals surface area contributed by atoms with E-state index < -0.39 is 0 Å². The van der Waals surface area contributed by atoms with Crippen molar-refractivity contribution in [2.75, 3.05) is 0 Å². The molecule has 0 spiro atoms. The lowest BCUT2D eigenvalue weighted by Crippen LogP contribution is -2.23. The van der Waals surface area contributed by atoms with Gasteiger partial charge in [-0.05, 0) is 59.5 Å². The topological polar surface area (TPSA) is 46.9 Å². The van der Waals surface area contributed by atoms with Crippen LogP contribution in [0.25, 0.3) is 10.9 Å². The molecule has 1 N–H and O–H groups in total. The average molecular weight is 438 g/mol. The number of amides is 1. The number of rotatable bonds is 7. The Bertz CT molecular complexity index is 1150. The number of benzene rings is 2. The molecule has 0 atom stereocenters.